The van der Waals surface area contributed by atoms with Crippen molar-refractivity contribution in [1.82, 2.24) is 4.72 Å². The Morgan fingerprint density at radius 3 is 2.15 bits per heavy atom. The predicted molar refractivity (Wildman–Crippen MR) is 71.7 cm³/mol. The summed E-state index contributed by atoms with van der Waals surface area (Å²) in [6, 6.07) is 11.0. The Bertz CT molecular complexity index is 667. The van der Waals surface area contributed by atoms with E-state index in [2.05, 4.69) is 4.72 Å². The van der Waals surface area contributed by atoms with Gasteiger partial charge in [-0.25, -0.2) is 21.9 Å². The fourth-order valence-electron chi connectivity index (χ4n) is 1.77. The zero-order chi connectivity index (χ0) is 14.6. The van der Waals surface area contributed by atoms with Crippen molar-refractivity contribution in [2.45, 2.75) is 11.3 Å². The van der Waals surface area contributed by atoms with Crippen LogP contribution < -0.4 is 4.72 Å². The van der Waals surface area contributed by atoms with Gasteiger partial charge in [0.1, 0.15) is 11.6 Å². The van der Waals surface area contributed by atoms with Crippen LogP contribution in [0.4, 0.5) is 8.78 Å². The first-order valence-electron chi connectivity index (χ1n) is 5.97. The Kier molecular flexibility index (Phi) is 4.46. The van der Waals surface area contributed by atoms with E-state index in [1.54, 1.807) is 18.2 Å². The maximum atomic E-state index is 13.0. The van der Waals surface area contributed by atoms with Gasteiger partial charge in [-0.15, -0.1) is 0 Å². The van der Waals surface area contributed by atoms with E-state index in [9.17, 15) is 17.2 Å². The Morgan fingerprint density at radius 1 is 0.950 bits per heavy atom. The van der Waals surface area contributed by atoms with E-state index >= 15 is 0 Å². The molecular formula is C14H13F2NO2S. The smallest absolute Gasteiger partial charge is 0.211 e. The number of sulfonamides is 1. The molecule has 2 aromatic rings. The third kappa shape index (κ3) is 3.85. The van der Waals surface area contributed by atoms with Crippen LogP contribution >= 0.6 is 0 Å². The largest absolute Gasteiger partial charge is 0.240 e. The summed E-state index contributed by atoms with van der Waals surface area (Å²) in [4.78, 5) is 0.158. The van der Waals surface area contributed by atoms with Crippen LogP contribution in [0.25, 0.3) is 0 Å². The van der Waals surface area contributed by atoms with Crippen LogP contribution in [0.5, 0.6) is 0 Å². The molecule has 0 aliphatic rings. The molecule has 0 atom stereocenters. The van der Waals surface area contributed by atoms with Crippen LogP contribution in [-0.4, -0.2) is 15.0 Å². The van der Waals surface area contributed by atoms with Crippen molar-refractivity contribution in [3.05, 3.63) is 65.7 Å². The van der Waals surface area contributed by atoms with Gasteiger partial charge in [-0.2, -0.15) is 0 Å². The van der Waals surface area contributed by atoms with Gasteiger partial charge in [0.05, 0.1) is 4.90 Å². The number of hydrogen-bond acceptors (Lipinski definition) is 2. The zero-order valence-corrected chi connectivity index (χ0v) is 11.3. The summed E-state index contributed by atoms with van der Waals surface area (Å²) in [5, 5.41) is 0. The summed E-state index contributed by atoms with van der Waals surface area (Å²) in [7, 11) is -3.59. The molecule has 0 amide bonds. The minimum atomic E-state index is -3.59. The van der Waals surface area contributed by atoms with Crippen LogP contribution in [0.3, 0.4) is 0 Å². The standard InChI is InChI=1S/C14H13F2NO2S/c15-12-8-11(9-13(16)10-12)6-7-17-20(18,19)14-4-2-1-3-5-14/h1-5,8-10,17H,6-7H2. The van der Waals surface area contributed by atoms with Crippen molar-refractivity contribution in [2.75, 3.05) is 6.54 Å². The average molecular weight is 297 g/mol. The van der Waals surface area contributed by atoms with E-state index in [1.165, 1.54) is 24.3 Å². The highest BCUT2D eigenvalue weighted by atomic mass is 32.2. The Labute approximate surface area is 116 Å². The van der Waals surface area contributed by atoms with E-state index in [4.69, 9.17) is 0 Å². The Balaban J connectivity index is 1.99. The molecule has 20 heavy (non-hydrogen) atoms. The lowest BCUT2D eigenvalue weighted by atomic mass is 10.1. The van der Waals surface area contributed by atoms with Crippen molar-refractivity contribution < 1.29 is 17.2 Å². The van der Waals surface area contributed by atoms with Gasteiger partial charge in [-0.1, -0.05) is 18.2 Å². The monoisotopic (exact) mass is 297 g/mol. The van der Waals surface area contributed by atoms with Gasteiger partial charge in [-0.05, 0) is 36.2 Å². The summed E-state index contributed by atoms with van der Waals surface area (Å²) in [6.07, 6.45) is 0.209. The molecule has 2 aromatic carbocycles. The van der Waals surface area contributed by atoms with Crippen molar-refractivity contribution in [3.8, 4) is 0 Å². The van der Waals surface area contributed by atoms with E-state index in [1.807, 2.05) is 0 Å². The molecule has 0 aliphatic heterocycles. The molecular weight excluding hydrogens is 284 g/mol. The number of benzene rings is 2. The lowest BCUT2D eigenvalue weighted by Crippen LogP contribution is -2.26. The third-order valence-electron chi connectivity index (χ3n) is 2.68. The van der Waals surface area contributed by atoms with E-state index in [-0.39, 0.29) is 17.9 Å². The summed E-state index contributed by atoms with van der Waals surface area (Å²) in [6.45, 7) is 0.0696. The molecule has 2 rings (SSSR count). The van der Waals surface area contributed by atoms with Gasteiger partial charge in [0, 0.05) is 12.6 Å². The van der Waals surface area contributed by atoms with Crippen molar-refractivity contribution in [1.29, 1.82) is 0 Å². The molecule has 0 aliphatic carbocycles. The quantitative estimate of drug-likeness (QED) is 0.921. The molecule has 1 N–H and O–H groups in total. The van der Waals surface area contributed by atoms with Crippen molar-refractivity contribution in [2.24, 2.45) is 0 Å². The van der Waals surface area contributed by atoms with Crippen LogP contribution in [0, 0.1) is 11.6 Å². The molecule has 0 spiro atoms. The lowest BCUT2D eigenvalue weighted by Gasteiger charge is -2.07. The van der Waals surface area contributed by atoms with E-state index < -0.39 is 21.7 Å². The maximum absolute atomic E-state index is 13.0. The summed E-state index contributed by atoms with van der Waals surface area (Å²) in [5.41, 5.74) is 0.401. The van der Waals surface area contributed by atoms with Crippen LogP contribution in [-0.2, 0) is 16.4 Å². The van der Waals surface area contributed by atoms with Gasteiger partial charge in [0.15, 0.2) is 0 Å². The molecule has 0 radical (unpaired) electrons. The second kappa shape index (κ2) is 6.11. The first-order chi connectivity index (χ1) is 9.47. The average Bonchev–Trinajstić information content (AvgIpc) is 2.38. The number of rotatable bonds is 5. The van der Waals surface area contributed by atoms with Crippen molar-refractivity contribution >= 4 is 10.0 Å². The van der Waals surface area contributed by atoms with Gasteiger partial charge in [-0.3, -0.25) is 0 Å². The number of nitrogens with one attached hydrogen (secondary N) is 1. The Morgan fingerprint density at radius 2 is 1.55 bits per heavy atom. The van der Waals surface area contributed by atoms with Gasteiger partial charge in [0.2, 0.25) is 10.0 Å². The lowest BCUT2D eigenvalue weighted by molar-refractivity contribution is 0.576. The van der Waals surface area contributed by atoms with Gasteiger partial charge in [0.25, 0.3) is 0 Å². The molecule has 0 aromatic heterocycles. The molecule has 106 valence electrons. The zero-order valence-electron chi connectivity index (χ0n) is 10.5. The summed E-state index contributed by atoms with van der Waals surface area (Å²) >= 11 is 0. The predicted octanol–water partition coefficient (Wildman–Crippen LogP) is 2.49. The molecule has 0 heterocycles. The summed E-state index contributed by atoms with van der Waals surface area (Å²) < 4.78 is 52.1. The van der Waals surface area contributed by atoms with E-state index in [0.717, 1.165) is 6.07 Å². The minimum absolute atomic E-state index is 0.0696. The van der Waals surface area contributed by atoms with Gasteiger partial charge < -0.3 is 0 Å². The maximum Gasteiger partial charge on any atom is 0.240 e. The van der Waals surface area contributed by atoms with Crippen LogP contribution in [0.2, 0.25) is 0 Å². The fourth-order valence-corrected chi connectivity index (χ4v) is 2.82. The molecule has 0 saturated carbocycles. The van der Waals surface area contributed by atoms with Gasteiger partial charge >= 0.3 is 0 Å². The first-order valence-corrected chi connectivity index (χ1v) is 7.45. The topological polar surface area (TPSA) is 46.2 Å². The normalized spacial score (nSPS) is 11.5. The van der Waals surface area contributed by atoms with Crippen LogP contribution in [0.15, 0.2) is 53.4 Å². The van der Waals surface area contributed by atoms with E-state index in [0.29, 0.717) is 5.56 Å². The molecule has 0 unspecified atom stereocenters. The number of hydrogen-bond donors (Lipinski definition) is 1. The molecule has 6 heteroatoms. The molecule has 0 bridgehead atoms. The Hall–Kier alpha value is -1.79. The minimum Gasteiger partial charge on any atom is -0.211 e. The first kappa shape index (κ1) is 14.6. The second-order valence-corrected chi connectivity index (χ2v) is 6.01. The third-order valence-corrected chi connectivity index (χ3v) is 4.16. The fraction of sp³-hybridized carbons (Fsp3) is 0.143. The highest BCUT2D eigenvalue weighted by molar-refractivity contribution is 7.89. The summed E-state index contributed by atoms with van der Waals surface area (Å²) in [5.74, 6) is -1.35. The second-order valence-electron chi connectivity index (χ2n) is 4.24. The SMILES string of the molecule is O=S(=O)(NCCc1cc(F)cc(F)c1)c1ccccc1. The highest BCUT2D eigenvalue weighted by Crippen LogP contribution is 2.10. The molecule has 0 fully saturated rings. The highest BCUT2D eigenvalue weighted by Gasteiger charge is 2.12. The van der Waals surface area contributed by atoms with Crippen molar-refractivity contribution in [3.63, 3.8) is 0 Å². The number of halogens is 2. The van der Waals surface area contributed by atoms with Crippen LogP contribution in [0.1, 0.15) is 5.56 Å². The molecule has 0 saturated heterocycles. The molecule has 3 nitrogen and oxygen atoms in total.